The van der Waals surface area contributed by atoms with Crippen LogP contribution in [0.25, 0.3) is 0 Å². The lowest BCUT2D eigenvalue weighted by atomic mass is 9.98. The molecule has 0 aliphatic carbocycles. The number of hydrogen-bond acceptors (Lipinski definition) is 3. The molecule has 0 atom stereocenters. The Morgan fingerprint density at radius 1 is 1.11 bits per heavy atom. The van der Waals surface area contributed by atoms with Crippen LogP contribution in [0.3, 0.4) is 0 Å². The standard InChI is InChI=1S/C21H21FN4O2/c1-14-2-4-15(5-3-14)18-19(27)25-21(24-18)10-12-26(13-11-21)20(28)23-17-8-6-16(22)7-9-17/h2-9H,10-13H2,1H3,(H,23,28)(H,25,27). The van der Waals surface area contributed by atoms with Crippen LogP contribution in [0.15, 0.2) is 53.5 Å². The number of carbonyl (C=O) groups excluding carboxylic acids is 2. The molecule has 1 spiro atoms. The monoisotopic (exact) mass is 380 g/mol. The van der Waals surface area contributed by atoms with Gasteiger partial charge in [0.05, 0.1) is 0 Å². The van der Waals surface area contributed by atoms with E-state index >= 15 is 0 Å². The van der Waals surface area contributed by atoms with Crippen LogP contribution in [-0.2, 0) is 4.79 Å². The molecule has 0 unspecified atom stereocenters. The molecule has 6 nitrogen and oxygen atoms in total. The zero-order valence-electron chi connectivity index (χ0n) is 15.5. The van der Waals surface area contributed by atoms with E-state index in [0.717, 1.165) is 11.1 Å². The fraction of sp³-hybridized carbons (Fsp3) is 0.286. The van der Waals surface area contributed by atoms with Crippen molar-refractivity contribution in [1.29, 1.82) is 0 Å². The number of aliphatic imine (C=N–C) groups is 1. The molecular formula is C21H21FN4O2. The normalized spacial score (nSPS) is 18.0. The Balaban J connectivity index is 1.41. The highest BCUT2D eigenvalue weighted by Gasteiger charge is 2.42. The van der Waals surface area contributed by atoms with Gasteiger partial charge in [0.25, 0.3) is 5.91 Å². The number of aryl methyl sites for hydroxylation is 1. The largest absolute Gasteiger partial charge is 0.326 e. The number of carbonyl (C=O) groups is 2. The second-order valence-electron chi connectivity index (χ2n) is 7.24. The summed E-state index contributed by atoms with van der Waals surface area (Å²) < 4.78 is 13.0. The lowest BCUT2D eigenvalue weighted by Crippen LogP contribution is -2.53. The third-order valence-corrected chi connectivity index (χ3v) is 5.19. The highest BCUT2D eigenvalue weighted by molar-refractivity contribution is 6.46. The van der Waals surface area contributed by atoms with Crippen LogP contribution in [0.4, 0.5) is 14.9 Å². The molecule has 0 saturated carbocycles. The van der Waals surface area contributed by atoms with Crippen molar-refractivity contribution in [2.75, 3.05) is 18.4 Å². The first-order valence-electron chi connectivity index (χ1n) is 9.25. The van der Waals surface area contributed by atoms with Gasteiger partial charge < -0.3 is 15.5 Å². The fourth-order valence-corrected chi connectivity index (χ4v) is 3.52. The van der Waals surface area contributed by atoms with Crippen molar-refractivity contribution >= 4 is 23.3 Å². The van der Waals surface area contributed by atoms with Crippen molar-refractivity contribution in [3.8, 4) is 0 Å². The fourth-order valence-electron chi connectivity index (χ4n) is 3.52. The first-order chi connectivity index (χ1) is 13.4. The van der Waals surface area contributed by atoms with Crippen molar-refractivity contribution in [3.05, 3.63) is 65.5 Å². The van der Waals surface area contributed by atoms with Gasteiger partial charge >= 0.3 is 6.03 Å². The Labute approximate surface area is 162 Å². The minimum Gasteiger partial charge on any atom is -0.326 e. The van der Waals surface area contributed by atoms with Crippen LogP contribution >= 0.6 is 0 Å². The first-order valence-corrected chi connectivity index (χ1v) is 9.25. The number of nitrogens with zero attached hydrogens (tertiary/aromatic N) is 2. The van der Waals surface area contributed by atoms with E-state index in [4.69, 9.17) is 4.99 Å². The average molecular weight is 380 g/mol. The number of anilines is 1. The average Bonchev–Trinajstić information content (AvgIpc) is 3.00. The van der Waals surface area contributed by atoms with Gasteiger partial charge in [-0.3, -0.25) is 9.79 Å². The van der Waals surface area contributed by atoms with Crippen LogP contribution < -0.4 is 10.6 Å². The molecule has 144 valence electrons. The van der Waals surface area contributed by atoms with Gasteiger partial charge in [0.15, 0.2) is 0 Å². The number of halogens is 1. The van der Waals surface area contributed by atoms with Crippen molar-refractivity contribution in [3.63, 3.8) is 0 Å². The van der Waals surface area contributed by atoms with E-state index in [1.807, 2.05) is 31.2 Å². The van der Waals surface area contributed by atoms with Crippen LogP contribution in [0.5, 0.6) is 0 Å². The van der Waals surface area contributed by atoms with E-state index in [1.54, 1.807) is 4.90 Å². The minimum atomic E-state index is -0.649. The predicted molar refractivity (Wildman–Crippen MR) is 105 cm³/mol. The summed E-state index contributed by atoms with van der Waals surface area (Å²) in [5.41, 5.74) is 2.27. The molecule has 7 heteroatoms. The smallest absolute Gasteiger partial charge is 0.321 e. The topological polar surface area (TPSA) is 73.8 Å². The van der Waals surface area contributed by atoms with Gasteiger partial charge in [0.2, 0.25) is 0 Å². The Kier molecular flexibility index (Phi) is 4.58. The molecule has 2 N–H and O–H groups in total. The molecule has 2 aliphatic rings. The van der Waals surface area contributed by atoms with E-state index in [1.165, 1.54) is 24.3 Å². The minimum absolute atomic E-state index is 0.173. The number of amides is 3. The maximum absolute atomic E-state index is 13.0. The second kappa shape index (κ2) is 7.07. The molecule has 0 bridgehead atoms. The summed E-state index contributed by atoms with van der Waals surface area (Å²) in [4.78, 5) is 31.3. The van der Waals surface area contributed by atoms with E-state index in [2.05, 4.69) is 10.6 Å². The predicted octanol–water partition coefficient (Wildman–Crippen LogP) is 3.08. The highest BCUT2D eigenvalue weighted by atomic mass is 19.1. The number of nitrogens with one attached hydrogen (secondary N) is 2. The Hall–Kier alpha value is -3.22. The number of benzene rings is 2. The molecule has 2 heterocycles. The van der Waals surface area contributed by atoms with Crippen LogP contribution in [0.2, 0.25) is 0 Å². The summed E-state index contributed by atoms with van der Waals surface area (Å²) in [5.74, 6) is -0.523. The Morgan fingerprint density at radius 2 is 1.75 bits per heavy atom. The van der Waals surface area contributed by atoms with Crippen LogP contribution in [0, 0.1) is 12.7 Å². The SMILES string of the molecule is Cc1ccc(C2=NC3(CCN(C(=O)Nc4ccc(F)cc4)CC3)NC2=O)cc1. The maximum atomic E-state index is 13.0. The number of hydrogen-bond donors (Lipinski definition) is 2. The lowest BCUT2D eigenvalue weighted by Gasteiger charge is -2.37. The molecule has 2 aliphatic heterocycles. The van der Waals surface area contributed by atoms with E-state index in [-0.39, 0.29) is 17.8 Å². The van der Waals surface area contributed by atoms with Gasteiger partial charge in [-0.2, -0.15) is 0 Å². The molecule has 2 aromatic carbocycles. The summed E-state index contributed by atoms with van der Waals surface area (Å²) >= 11 is 0. The zero-order valence-corrected chi connectivity index (χ0v) is 15.5. The third kappa shape index (κ3) is 3.60. The summed E-state index contributed by atoms with van der Waals surface area (Å²) in [5, 5.41) is 5.77. The summed E-state index contributed by atoms with van der Waals surface area (Å²) in [7, 11) is 0. The molecule has 1 fully saturated rings. The second-order valence-corrected chi connectivity index (χ2v) is 7.24. The van der Waals surface area contributed by atoms with E-state index in [0.29, 0.717) is 37.3 Å². The van der Waals surface area contributed by atoms with Gasteiger partial charge in [0, 0.05) is 37.2 Å². The summed E-state index contributed by atoms with van der Waals surface area (Å²) in [6.45, 7) is 2.94. The van der Waals surface area contributed by atoms with Gasteiger partial charge in [0.1, 0.15) is 17.2 Å². The lowest BCUT2D eigenvalue weighted by molar-refractivity contribution is -0.115. The summed E-state index contributed by atoms with van der Waals surface area (Å²) in [6, 6.07) is 13.1. The van der Waals surface area contributed by atoms with Gasteiger partial charge in [-0.05, 0) is 31.2 Å². The molecule has 3 amide bonds. The first kappa shape index (κ1) is 18.2. The van der Waals surface area contributed by atoms with Gasteiger partial charge in [-0.1, -0.05) is 29.8 Å². The molecule has 2 aromatic rings. The number of likely N-dealkylation sites (tertiary alicyclic amines) is 1. The molecule has 0 aromatic heterocycles. The molecule has 28 heavy (non-hydrogen) atoms. The third-order valence-electron chi connectivity index (χ3n) is 5.19. The van der Waals surface area contributed by atoms with Crippen molar-refractivity contribution < 1.29 is 14.0 Å². The molecule has 4 rings (SSSR count). The number of rotatable bonds is 2. The zero-order chi connectivity index (χ0) is 19.7. The molecule has 1 saturated heterocycles. The number of piperidine rings is 1. The van der Waals surface area contributed by atoms with Crippen LogP contribution in [0.1, 0.15) is 24.0 Å². The van der Waals surface area contributed by atoms with E-state index in [9.17, 15) is 14.0 Å². The van der Waals surface area contributed by atoms with Gasteiger partial charge in [-0.15, -0.1) is 0 Å². The summed E-state index contributed by atoms with van der Waals surface area (Å²) in [6.07, 6.45) is 1.09. The van der Waals surface area contributed by atoms with Crippen molar-refractivity contribution in [2.24, 2.45) is 4.99 Å². The van der Waals surface area contributed by atoms with Gasteiger partial charge in [-0.25, -0.2) is 9.18 Å². The molecular weight excluding hydrogens is 359 g/mol. The van der Waals surface area contributed by atoms with Crippen molar-refractivity contribution in [2.45, 2.75) is 25.4 Å². The molecule has 0 radical (unpaired) electrons. The van der Waals surface area contributed by atoms with E-state index < -0.39 is 5.66 Å². The quantitative estimate of drug-likeness (QED) is 0.840. The van der Waals surface area contributed by atoms with Crippen molar-refractivity contribution in [1.82, 2.24) is 10.2 Å². The van der Waals surface area contributed by atoms with Crippen LogP contribution in [-0.4, -0.2) is 41.3 Å². The highest BCUT2D eigenvalue weighted by Crippen LogP contribution is 2.29. The number of urea groups is 1. The maximum Gasteiger partial charge on any atom is 0.321 e. The Bertz CT molecular complexity index is 930. The Morgan fingerprint density at radius 3 is 2.39 bits per heavy atom.